The van der Waals surface area contributed by atoms with Crippen LogP contribution in [0.2, 0.25) is 0 Å². The Labute approximate surface area is 234 Å². The summed E-state index contributed by atoms with van der Waals surface area (Å²) < 4.78 is 31.7. The first kappa shape index (κ1) is 32.5. The summed E-state index contributed by atoms with van der Waals surface area (Å²) >= 11 is 0. The van der Waals surface area contributed by atoms with E-state index in [1.807, 2.05) is 18.2 Å². The van der Waals surface area contributed by atoms with Crippen LogP contribution in [0.5, 0.6) is 0 Å². The molecule has 1 aliphatic carbocycles. The largest absolute Gasteiger partial charge is 0.490 e. The van der Waals surface area contributed by atoms with Crippen LogP contribution in [0.15, 0.2) is 72.8 Å². The molecule has 41 heavy (non-hydrogen) atoms. The number of aryl methyl sites for hydroxylation is 2. The zero-order chi connectivity index (χ0) is 30.6. The van der Waals surface area contributed by atoms with Crippen molar-refractivity contribution in [2.75, 3.05) is 18.5 Å². The number of amides is 2. The number of nitrogens with zero attached hydrogens (tertiary/aromatic N) is 1. The number of hydrogen-bond donors (Lipinski definition) is 4. The van der Waals surface area contributed by atoms with Gasteiger partial charge in [-0.1, -0.05) is 36.4 Å². The zero-order valence-corrected chi connectivity index (χ0v) is 22.1. The van der Waals surface area contributed by atoms with Crippen molar-refractivity contribution >= 4 is 29.4 Å². The molecule has 0 radical (unpaired) electrons. The second kappa shape index (κ2) is 15.2. The van der Waals surface area contributed by atoms with Crippen molar-refractivity contribution < 1.29 is 42.6 Å². The Hall–Kier alpha value is -4.71. The Morgan fingerprint density at radius 3 is 2.07 bits per heavy atom. The highest BCUT2D eigenvalue weighted by atomic mass is 19.4. The summed E-state index contributed by atoms with van der Waals surface area (Å²) in [6.07, 6.45) is -1.56. The van der Waals surface area contributed by atoms with Gasteiger partial charge in [-0.2, -0.15) is 13.2 Å². The smallest absolute Gasteiger partial charge is 0.480 e. The van der Waals surface area contributed by atoms with Gasteiger partial charge in [0, 0.05) is 30.4 Å². The lowest BCUT2D eigenvalue weighted by atomic mass is 10.1. The Balaban J connectivity index is 0.000000249. The van der Waals surface area contributed by atoms with E-state index < -0.39 is 24.7 Å². The van der Waals surface area contributed by atoms with Crippen molar-refractivity contribution in [3.8, 4) is 0 Å². The molecule has 12 heteroatoms. The standard InChI is InChI=1S/C16H16N2O3.C11H13NO.C2HF3O2/c17-10-12-5-4-8-14(9-12)18(11-15(19)20)16(21)13-6-2-1-3-7-13;1-12-11(13)10-6-5-8-3-2-4-9(8)7-10;3-2(4,5)1(6)7/h1-9H,10-11,17H2,(H,19,20);5-7H,2-4H2,1H3,(H,12,13);(H,6,7). The molecule has 0 spiro atoms. The summed E-state index contributed by atoms with van der Waals surface area (Å²) in [5.41, 5.74) is 10.9. The Morgan fingerprint density at radius 2 is 1.51 bits per heavy atom. The molecule has 0 aliphatic heterocycles. The molecule has 0 saturated heterocycles. The molecule has 0 aromatic heterocycles. The van der Waals surface area contributed by atoms with Gasteiger partial charge in [-0.05, 0) is 72.4 Å². The maximum Gasteiger partial charge on any atom is 0.490 e. The van der Waals surface area contributed by atoms with Crippen LogP contribution in [-0.4, -0.2) is 53.7 Å². The molecule has 0 atom stereocenters. The summed E-state index contributed by atoms with van der Waals surface area (Å²) in [6, 6.07) is 21.6. The van der Waals surface area contributed by atoms with E-state index in [4.69, 9.17) is 20.7 Å². The average Bonchev–Trinajstić information content (AvgIpc) is 3.44. The van der Waals surface area contributed by atoms with Crippen molar-refractivity contribution in [1.82, 2.24) is 5.32 Å². The van der Waals surface area contributed by atoms with Gasteiger partial charge in [0.15, 0.2) is 0 Å². The van der Waals surface area contributed by atoms with Gasteiger partial charge in [-0.15, -0.1) is 0 Å². The number of alkyl halides is 3. The number of anilines is 1. The molecule has 218 valence electrons. The van der Waals surface area contributed by atoms with E-state index in [-0.39, 0.29) is 11.8 Å². The summed E-state index contributed by atoms with van der Waals surface area (Å²) in [4.78, 5) is 45.0. The van der Waals surface area contributed by atoms with Crippen LogP contribution >= 0.6 is 0 Å². The number of nitrogens with two attached hydrogens (primary N) is 1. The molecule has 3 aromatic rings. The molecule has 4 rings (SSSR count). The van der Waals surface area contributed by atoms with Gasteiger partial charge in [0.1, 0.15) is 6.54 Å². The highest BCUT2D eigenvalue weighted by molar-refractivity contribution is 6.08. The molecular formula is C29H30F3N3O6. The fourth-order valence-corrected chi connectivity index (χ4v) is 3.86. The summed E-state index contributed by atoms with van der Waals surface area (Å²) in [6.45, 7) is -0.0734. The first-order valence-corrected chi connectivity index (χ1v) is 12.4. The molecule has 0 unspecified atom stereocenters. The minimum Gasteiger partial charge on any atom is -0.480 e. The van der Waals surface area contributed by atoms with Crippen molar-refractivity contribution in [3.05, 3.63) is 101 Å². The predicted octanol–water partition coefficient (Wildman–Crippen LogP) is 4.04. The fraction of sp³-hybridized carbons (Fsp3) is 0.241. The number of aliphatic carboxylic acids is 2. The summed E-state index contributed by atoms with van der Waals surface area (Å²) in [5.74, 6) is -4.17. The number of rotatable bonds is 6. The number of carbonyl (C=O) groups excluding carboxylic acids is 2. The minimum absolute atomic E-state index is 0.00898. The maximum atomic E-state index is 12.5. The summed E-state index contributed by atoms with van der Waals surface area (Å²) in [7, 11) is 1.66. The lowest BCUT2D eigenvalue weighted by molar-refractivity contribution is -0.192. The van der Waals surface area contributed by atoms with Gasteiger partial charge < -0.3 is 21.3 Å². The molecule has 0 bridgehead atoms. The minimum atomic E-state index is -5.08. The molecule has 1 aliphatic rings. The number of benzene rings is 3. The SMILES string of the molecule is CNC(=O)c1ccc2c(c1)CCC2.NCc1cccc(N(CC(=O)O)C(=O)c2ccccc2)c1.O=C(O)C(F)(F)F. The van der Waals surface area contributed by atoms with Crippen molar-refractivity contribution in [2.24, 2.45) is 5.73 Å². The van der Waals surface area contributed by atoms with Crippen LogP contribution in [0.1, 0.15) is 43.8 Å². The third kappa shape index (κ3) is 10.1. The predicted molar refractivity (Wildman–Crippen MR) is 146 cm³/mol. The lowest BCUT2D eigenvalue weighted by Gasteiger charge is -2.21. The van der Waals surface area contributed by atoms with E-state index in [1.54, 1.807) is 55.6 Å². The average molecular weight is 574 g/mol. The monoisotopic (exact) mass is 573 g/mol. The quantitative estimate of drug-likeness (QED) is 0.348. The molecule has 3 aromatic carbocycles. The van der Waals surface area contributed by atoms with Crippen LogP contribution in [0.4, 0.5) is 18.9 Å². The number of halogens is 3. The van der Waals surface area contributed by atoms with Gasteiger partial charge >= 0.3 is 18.1 Å². The number of carbonyl (C=O) groups is 4. The zero-order valence-electron chi connectivity index (χ0n) is 22.1. The van der Waals surface area contributed by atoms with Crippen molar-refractivity contribution in [1.29, 1.82) is 0 Å². The van der Waals surface area contributed by atoms with Gasteiger partial charge in [-0.25, -0.2) is 4.79 Å². The van der Waals surface area contributed by atoms with Crippen molar-refractivity contribution in [3.63, 3.8) is 0 Å². The maximum absolute atomic E-state index is 12.5. The van der Waals surface area contributed by atoms with E-state index in [0.717, 1.165) is 17.5 Å². The highest BCUT2D eigenvalue weighted by Crippen LogP contribution is 2.23. The molecule has 0 saturated carbocycles. The fourth-order valence-electron chi connectivity index (χ4n) is 3.86. The lowest BCUT2D eigenvalue weighted by Crippen LogP contribution is -2.35. The van der Waals surface area contributed by atoms with E-state index in [9.17, 15) is 27.6 Å². The number of hydrogen-bond acceptors (Lipinski definition) is 5. The first-order chi connectivity index (χ1) is 19.4. The van der Waals surface area contributed by atoms with Crippen molar-refractivity contribution in [2.45, 2.75) is 32.0 Å². The highest BCUT2D eigenvalue weighted by Gasteiger charge is 2.38. The van der Waals surface area contributed by atoms with Crippen LogP contribution < -0.4 is 16.0 Å². The normalized spacial score (nSPS) is 11.5. The Kier molecular flexibility index (Phi) is 12.0. The van der Waals surface area contributed by atoms with E-state index >= 15 is 0 Å². The van der Waals surface area contributed by atoms with Crippen LogP contribution in [0.3, 0.4) is 0 Å². The van der Waals surface area contributed by atoms with Gasteiger partial charge in [0.25, 0.3) is 11.8 Å². The Bertz CT molecular complexity index is 1360. The second-order valence-corrected chi connectivity index (χ2v) is 8.74. The first-order valence-electron chi connectivity index (χ1n) is 12.4. The number of nitrogens with one attached hydrogen (secondary N) is 1. The molecule has 0 fully saturated rings. The third-order valence-corrected chi connectivity index (χ3v) is 5.85. The van der Waals surface area contributed by atoms with Gasteiger partial charge in [0.2, 0.25) is 0 Å². The number of fused-ring (bicyclic) bond motifs is 1. The topological polar surface area (TPSA) is 150 Å². The van der Waals surface area contributed by atoms with Gasteiger partial charge in [0.05, 0.1) is 0 Å². The molecule has 0 heterocycles. The van der Waals surface area contributed by atoms with Crippen LogP contribution in [0, 0.1) is 0 Å². The summed E-state index contributed by atoms with van der Waals surface area (Å²) in [5, 5.41) is 18.8. The second-order valence-electron chi connectivity index (χ2n) is 8.74. The molecular weight excluding hydrogens is 543 g/mol. The molecule has 2 amide bonds. The van der Waals surface area contributed by atoms with Crippen LogP contribution in [-0.2, 0) is 29.0 Å². The van der Waals surface area contributed by atoms with E-state index in [0.29, 0.717) is 17.8 Å². The van der Waals surface area contributed by atoms with Crippen LogP contribution in [0.25, 0.3) is 0 Å². The van der Waals surface area contributed by atoms with E-state index in [2.05, 4.69) is 11.4 Å². The Morgan fingerprint density at radius 1 is 0.878 bits per heavy atom. The number of carboxylic acids is 2. The molecule has 5 N–H and O–H groups in total. The van der Waals surface area contributed by atoms with Gasteiger partial charge in [-0.3, -0.25) is 19.3 Å². The number of carboxylic acid groups (broad SMARTS) is 2. The van der Waals surface area contributed by atoms with E-state index in [1.165, 1.54) is 28.9 Å². The third-order valence-electron chi connectivity index (χ3n) is 5.85. The molecule has 9 nitrogen and oxygen atoms in total.